The average Bonchev–Trinajstić information content (AvgIpc) is 2.53. The molecule has 13 heavy (non-hydrogen) atoms. The summed E-state index contributed by atoms with van der Waals surface area (Å²) in [5, 5.41) is 0. The van der Waals surface area contributed by atoms with Gasteiger partial charge in [0.25, 0.3) is 0 Å². The first-order chi connectivity index (χ1) is 6.25. The van der Waals surface area contributed by atoms with Crippen LogP contribution >= 0.6 is 0 Å². The molecule has 0 amide bonds. The first-order valence-corrected chi connectivity index (χ1v) is 4.20. The molecule has 0 aromatic heterocycles. The SMILES string of the molecule is Cc1cc(F)cc(C2=NCCO2)c1. The van der Waals surface area contributed by atoms with Gasteiger partial charge in [-0.05, 0) is 30.7 Å². The molecule has 2 nitrogen and oxygen atoms in total. The maximum absolute atomic E-state index is 13.0. The van der Waals surface area contributed by atoms with Crippen LogP contribution in [0.1, 0.15) is 11.1 Å². The molecule has 1 aliphatic heterocycles. The topological polar surface area (TPSA) is 21.6 Å². The lowest BCUT2D eigenvalue weighted by Crippen LogP contribution is -2.01. The van der Waals surface area contributed by atoms with Gasteiger partial charge in [0.15, 0.2) is 0 Å². The minimum atomic E-state index is -0.242. The van der Waals surface area contributed by atoms with Crippen molar-refractivity contribution < 1.29 is 9.13 Å². The zero-order valence-electron chi connectivity index (χ0n) is 7.38. The van der Waals surface area contributed by atoms with E-state index in [0.717, 1.165) is 11.1 Å². The summed E-state index contributed by atoms with van der Waals surface area (Å²) in [6, 6.07) is 4.80. The minimum absolute atomic E-state index is 0.242. The molecule has 0 fully saturated rings. The molecule has 1 aromatic carbocycles. The van der Waals surface area contributed by atoms with Crippen molar-refractivity contribution in [2.24, 2.45) is 4.99 Å². The highest BCUT2D eigenvalue weighted by Crippen LogP contribution is 2.12. The molecule has 2 rings (SSSR count). The van der Waals surface area contributed by atoms with E-state index >= 15 is 0 Å². The molecule has 1 aromatic rings. The van der Waals surface area contributed by atoms with Crippen molar-refractivity contribution in [3.8, 4) is 0 Å². The number of hydrogen-bond donors (Lipinski definition) is 0. The highest BCUT2D eigenvalue weighted by molar-refractivity contribution is 5.95. The van der Waals surface area contributed by atoms with Gasteiger partial charge in [-0.25, -0.2) is 9.38 Å². The molecule has 0 radical (unpaired) electrons. The highest BCUT2D eigenvalue weighted by atomic mass is 19.1. The molecule has 0 bridgehead atoms. The second kappa shape index (κ2) is 3.17. The number of halogens is 1. The summed E-state index contributed by atoms with van der Waals surface area (Å²) in [5.41, 5.74) is 1.61. The van der Waals surface area contributed by atoms with Gasteiger partial charge in [-0.2, -0.15) is 0 Å². The van der Waals surface area contributed by atoms with E-state index < -0.39 is 0 Å². The van der Waals surface area contributed by atoms with Gasteiger partial charge >= 0.3 is 0 Å². The van der Waals surface area contributed by atoms with Gasteiger partial charge in [0.1, 0.15) is 12.4 Å². The van der Waals surface area contributed by atoms with Crippen LogP contribution in [0.5, 0.6) is 0 Å². The van der Waals surface area contributed by atoms with Gasteiger partial charge in [0, 0.05) is 5.56 Å². The molecule has 0 N–H and O–H groups in total. The number of aliphatic imine (C=N–C) groups is 1. The maximum atomic E-state index is 13.0. The first-order valence-electron chi connectivity index (χ1n) is 4.20. The fourth-order valence-corrected chi connectivity index (χ4v) is 1.37. The Morgan fingerprint density at radius 3 is 2.85 bits per heavy atom. The van der Waals surface area contributed by atoms with Crippen molar-refractivity contribution in [3.63, 3.8) is 0 Å². The smallest absolute Gasteiger partial charge is 0.216 e. The fraction of sp³-hybridized carbons (Fsp3) is 0.300. The monoisotopic (exact) mass is 179 g/mol. The van der Waals surface area contributed by atoms with Crippen molar-refractivity contribution in [3.05, 3.63) is 35.1 Å². The van der Waals surface area contributed by atoms with Gasteiger partial charge in [-0.1, -0.05) is 0 Å². The predicted octanol–water partition coefficient (Wildman–Crippen LogP) is 1.91. The molecule has 0 aliphatic carbocycles. The third-order valence-electron chi connectivity index (χ3n) is 1.87. The molecule has 1 heterocycles. The molecular formula is C10H10FNO. The summed E-state index contributed by atoms with van der Waals surface area (Å²) >= 11 is 0. The van der Waals surface area contributed by atoms with Crippen LogP contribution in [0.15, 0.2) is 23.2 Å². The number of ether oxygens (including phenoxy) is 1. The van der Waals surface area contributed by atoms with Crippen molar-refractivity contribution >= 4 is 5.90 Å². The largest absolute Gasteiger partial charge is 0.476 e. The van der Waals surface area contributed by atoms with E-state index in [0.29, 0.717) is 19.0 Å². The van der Waals surface area contributed by atoms with E-state index in [9.17, 15) is 4.39 Å². The number of nitrogens with zero attached hydrogens (tertiary/aromatic N) is 1. The Morgan fingerprint density at radius 2 is 2.23 bits per heavy atom. The lowest BCUT2D eigenvalue weighted by Gasteiger charge is -2.02. The highest BCUT2D eigenvalue weighted by Gasteiger charge is 2.11. The summed E-state index contributed by atoms with van der Waals surface area (Å²) < 4.78 is 18.2. The predicted molar refractivity (Wildman–Crippen MR) is 48.5 cm³/mol. The van der Waals surface area contributed by atoms with Gasteiger partial charge < -0.3 is 4.74 Å². The molecule has 0 spiro atoms. The van der Waals surface area contributed by atoms with Crippen LogP contribution in [0.3, 0.4) is 0 Å². The first kappa shape index (κ1) is 8.23. The second-order valence-electron chi connectivity index (χ2n) is 3.05. The van der Waals surface area contributed by atoms with E-state index in [1.54, 1.807) is 0 Å². The quantitative estimate of drug-likeness (QED) is 0.645. The lowest BCUT2D eigenvalue weighted by atomic mass is 10.1. The van der Waals surface area contributed by atoms with Crippen LogP contribution in [-0.4, -0.2) is 19.0 Å². The van der Waals surface area contributed by atoms with Crippen LogP contribution in [0.4, 0.5) is 4.39 Å². The summed E-state index contributed by atoms with van der Waals surface area (Å²) in [6.07, 6.45) is 0. The summed E-state index contributed by atoms with van der Waals surface area (Å²) in [6.45, 7) is 3.12. The number of aryl methyl sites for hydroxylation is 1. The van der Waals surface area contributed by atoms with Crippen LogP contribution in [0.2, 0.25) is 0 Å². The Labute approximate surface area is 76.1 Å². The lowest BCUT2D eigenvalue weighted by molar-refractivity contribution is 0.348. The Morgan fingerprint density at radius 1 is 1.38 bits per heavy atom. The molecule has 68 valence electrons. The normalized spacial score (nSPS) is 15.4. The van der Waals surface area contributed by atoms with Crippen molar-refractivity contribution in [1.82, 2.24) is 0 Å². The standard InChI is InChI=1S/C10H10FNO/c1-7-4-8(6-9(11)5-7)10-12-2-3-13-10/h4-6H,2-3H2,1H3. The number of rotatable bonds is 1. The molecule has 3 heteroatoms. The third-order valence-corrected chi connectivity index (χ3v) is 1.87. The number of benzene rings is 1. The maximum Gasteiger partial charge on any atom is 0.216 e. The van der Waals surface area contributed by atoms with Gasteiger partial charge in [0.2, 0.25) is 5.90 Å². The van der Waals surface area contributed by atoms with E-state index in [2.05, 4.69) is 4.99 Å². The van der Waals surface area contributed by atoms with Gasteiger partial charge in [-0.3, -0.25) is 0 Å². The van der Waals surface area contributed by atoms with E-state index in [-0.39, 0.29) is 5.82 Å². The van der Waals surface area contributed by atoms with Crippen LogP contribution in [0.25, 0.3) is 0 Å². The zero-order chi connectivity index (χ0) is 9.26. The van der Waals surface area contributed by atoms with Crippen LogP contribution < -0.4 is 0 Å². The zero-order valence-corrected chi connectivity index (χ0v) is 7.38. The summed E-state index contributed by atoms with van der Waals surface area (Å²) in [5.74, 6) is 0.316. The van der Waals surface area contributed by atoms with Crippen molar-refractivity contribution in [2.45, 2.75) is 6.92 Å². The Kier molecular flexibility index (Phi) is 2.00. The Bertz CT molecular complexity index is 340. The molecule has 0 saturated carbocycles. The van der Waals surface area contributed by atoms with E-state index in [1.165, 1.54) is 12.1 Å². The molecule has 0 atom stereocenters. The molecule has 0 unspecified atom stereocenters. The average molecular weight is 179 g/mol. The third kappa shape index (κ3) is 1.69. The summed E-state index contributed by atoms with van der Waals surface area (Å²) in [7, 11) is 0. The fourth-order valence-electron chi connectivity index (χ4n) is 1.37. The van der Waals surface area contributed by atoms with E-state index in [4.69, 9.17) is 4.74 Å². The molecule has 1 aliphatic rings. The minimum Gasteiger partial charge on any atom is -0.476 e. The molecule has 0 saturated heterocycles. The van der Waals surface area contributed by atoms with Gasteiger partial charge in [0.05, 0.1) is 6.54 Å². The number of hydrogen-bond acceptors (Lipinski definition) is 2. The van der Waals surface area contributed by atoms with Crippen molar-refractivity contribution in [1.29, 1.82) is 0 Å². The Balaban J connectivity index is 2.39. The van der Waals surface area contributed by atoms with Crippen molar-refractivity contribution in [2.75, 3.05) is 13.2 Å². The Hall–Kier alpha value is -1.38. The second-order valence-corrected chi connectivity index (χ2v) is 3.05. The molecular weight excluding hydrogens is 169 g/mol. The van der Waals surface area contributed by atoms with E-state index in [1.807, 2.05) is 13.0 Å². The summed E-state index contributed by atoms with van der Waals surface area (Å²) in [4.78, 5) is 4.12. The van der Waals surface area contributed by atoms with Crippen LogP contribution in [0, 0.1) is 12.7 Å². The van der Waals surface area contributed by atoms with Gasteiger partial charge in [-0.15, -0.1) is 0 Å². The van der Waals surface area contributed by atoms with Crippen LogP contribution in [-0.2, 0) is 4.74 Å².